The Balaban J connectivity index is 1.43. The summed E-state index contributed by atoms with van der Waals surface area (Å²) in [5.74, 6) is 1.97. The second-order valence-electron chi connectivity index (χ2n) is 6.38. The SMILES string of the molecule is CCc1cc(N2CC3CC2CN3c2nccn3cnnc23)ncn1. The molecule has 24 heavy (non-hydrogen) atoms. The van der Waals surface area contributed by atoms with Crippen LogP contribution in [0.2, 0.25) is 0 Å². The second kappa shape index (κ2) is 5.12. The van der Waals surface area contributed by atoms with Crippen molar-refractivity contribution >= 4 is 17.3 Å². The highest BCUT2D eigenvalue weighted by atomic mass is 15.4. The molecule has 2 aliphatic heterocycles. The molecule has 0 spiro atoms. The minimum absolute atomic E-state index is 0.436. The van der Waals surface area contributed by atoms with Gasteiger partial charge < -0.3 is 9.80 Å². The van der Waals surface area contributed by atoms with Crippen molar-refractivity contribution < 1.29 is 0 Å². The van der Waals surface area contributed by atoms with Gasteiger partial charge in [-0.3, -0.25) is 4.40 Å². The molecule has 0 radical (unpaired) electrons. The van der Waals surface area contributed by atoms with Crippen molar-refractivity contribution in [3.8, 4) is 0 Å². The summed E-state index contributed by atoms with van der Waals surface area (Å²) < 4.78 is 1.92. The molecule has 8 nitrogen and oxygen atoms in total. The molecule has 2 saturated heterocycles. The first-order valence-electron chi connectivity index (χ1n) is 8.32. The average molecular weight is 322 g/mol. The number of fused-ring (bicyclic) bond motifs is 3. The molecule has 122 valence electrons. The van der Waals surface area contributed by atoms with E-state index in [1.54, 1.807) is 12.7 Å². The molecule has 2 fully saturated rings. The number of hydrogen-bond donors (Lipinski definition) is 0. The molecule has 5 heterocycles. The van der Waals surface area contributed by atoms with E-state index >= 15 is 0 Å². The van der Waals surface area contributed by atoms with Gasteiger partial charge in [0.05, 0.1) is 12.1 Å². The summed E-state index contributed by atoms with van der Waals surface area (Å²) in [7, 11) is 0. The van der Waals surface area contributed by atoms with Gasteiger partial charge in [-0.2, -0.15) is 0 Å². The molecule has 5 rings (SSSR count). The highest BCUT2D eigenvalue weighted by molar-refractivity contribution is 5.66. The predicted octanol–water partition coefficient (Wildman–Crippen LogP) is 0.944. The molecule has 8 heteroatoms. The van der Waals surface area contributed by atoms with Gasteiger partial charge in [0, 0.05) is 37.2 Å². The summed E-state index contributed by atoms with van der Waals surface area (Å²) in [4.78, 5) is 18.1. The third kappa shape index (κ3) is 1.95. The van der Waals surface area contributed by atoms with E-state index in [4.69, 9.17) is 0 Å². The standard InChI is InChI=1S/C16H18N8/c1-2-11-5-14(19-9-18-11)23-7-13-6-12(23)8-24(13)15-16-21-20-10-22(16)4-3-17-15/h3-5,9-10,12-13H,2,6-8H2,1H3. The number of nitrogens with zero attached hydrogens (tertiary/aromatic N) is 8. The third-order valence-electron chi connectivity index (χ3n) is 5.08. The summed E-state index contributed by atoms with van der Waals surface area (Å²) in [5.41, 5.74) is 1.92. The van der Waals surface area contributed by atoms with Crippen LogP contribution in [-0.4, -0.2) is 54.7 Å². The van der Waals surface area contributed by atoms with E-state index < -0.39 is 0 Å². The first kappa shape index (κ1) is 13.6. The van der Waals surface area contributed by atoms with Gasteiger partial charge in [0.25, 0.3) is 0 Å². The van der Waals surface area contributed by atoms with Crippen molar-refractivity contribution in [2.45, 2.75) is 31.8 Å². The maximum atomic E-state index is 4.56. The van der Waals surface area contributed by atoms with Gasteiger partial charge in [-0.15, -0.1) is 10.2 Å². The van der Waals surface area contributed by atoms with Gasteiger partial charge in [0.15, 0.2) is 5.82 Å². The van der Waals surface area contributed by atoms with Crippen molar-refractivity contribution in [3.63, 3.8) is 0 Å². The maximum absolute atomic E-state index is 4.56. The molecule has 0 aromatic carbocycles. The van der Waals surface area contributed by atoms with Crippen molar-refractivity contribution in [2.24, 2.45) is 0 Å². The lowest BCUT2D eigenvalue weighted by Gasteiger charge is -2.35. The quantitative estimate of drug-likeness (QED) is 0.710. The number of piperazine rings is 1. The fourth-order valence-corrected chi connectivity index (χ4v) is 3.89. The van der Waals surface area contributed by atoms with Gasteiger partial charge in [-0.05, 0) is 12.8 Å². The number of anilines is 2. The molecule has 3 aromatic heterocycles. The van der Waals surface area contributed by atoms with Crippen LogP contribution < -0.4 is 9.80 Å². The number of aromatic nitrogens is 6. The van der Waals surface area contributed by atoms with Crippen LogP contribution in [0.25, 0.3) is 5.65 Å². The van der Waals surface area contributed by atoms with Crippen molar-refractivity contribution in [1.29, 1.82) is 0 Å². The molecular weight excluding hydrogens is 304 g/mol. The number of aryl methyl sites for hydroxylation is 1. The van der Waals surface area contributed by atoms with E-state index in [2.05, 4.69) is 47.9 Å². The Morgan fingerprint density at radius 1 is 1.12 bits per heavy atom. The van der Waals surface area contributed by atoms with E-state index in [0.717, 1.165) is 48.9 Å². The zero-order valence-corrected chi connectivity index (χ0v) is 13.4. The highest BCUT2D eigenvalue weighted by Crippen LogP contribution is 2.36. The summed E-state index contributed by atoms with van der Waals surface area (Å²) in [6.07, 6.45) is 9.15. The minimum Gasteiger partial charge on any atom is -0.350 e. The van der Waals surface area contributed by atoms with Crippen LogP contribution >= 0.6 is 0 Å². The average Bonchev–Trinajstić information content (AvgIpc) is 3.36. The van der Waals surface area contributed by atoms with Crippen molar-refractivity contribution in [3.05, 3.63) is 36.8 Å². The second-order valence-corrected chi connectivity index (χ2v) is 6.38. The van der Waals surface area contributed by atoms with Crippen LogP contribution in [0.15, 0.2) is 31.1 Å². The zero-order chi connectivity index (χ0) is 16.1. The van der Waals surface area contributed by atoms with E-state index in [0.29, 0.717) is 12.1 Å². The number of hydrogen-bond acceptors (Lipinski definition) is 7. The van der Waals surface area contributed by atoms with Crippen LogP contribution in [0, 0.1) is 0 Å². The summed E-state index contributed by atoms with van der Waals surface area (Å²) >= 11 is 0. The van der Waals surface area contributed by atoms with Crippen LogP contribution in [0.4, 0.5) is 11.6 Å². The smallest absolute Gasteiger partial charge is 0.203 e. The zero-order valence-electron chi connectivity index (χ0n) is 13.4. The first-order valence-corrected chi connectivity index (χ1v) is 8.32. The van der Waals surface area contributed by atoms with Crippen LogP contribution in [0.3, 0.4) is 0 Å². The molecule has 0 saturated carbocycles. The fourth-order valence-electron chi connectivity index (χ4n) is 3.89. The maximum Gasteiger partial charge on any atom is 0.203 e. The lowest BCUT2D eigenvalue weighted by Crippen LogP contribution is -2.47. The lowest BCUT2D eigenvalue weighted by atomic mass is 10.2. The Morgan fingerprint density at radius 2 is 2.00 bits per heavy atom. The molecule has 0 aliphatic carbocycles. The normalized spacial score (nSPS) is 22.7. The molecule has 0 N–H and O–H groups in total. The highest BCUT2D eigenvalue weighted by Gasteiger charge is 2.45. The van der Waals surface area contributed by atoms with Gasteiger partial charge in [-0.25, -0.2) is 15.0 Å². The predicted molar refractivity (Wildman–Crippen MR) is 89.1 cm³/mol. The van der Waals surface area contributed by atoms with Gasteiger partial charge in [0.2, 0.25) is 5.65 Å². The largest absolute Gasteiger partial charge is 0.350 e. The Bertz CT molecular complexity index is 890. The van der Waals surface area contributed by atoms with Gasteiger partial charge >= 0.3 is 0 Å². The summed E-state index contributed by atoms with van der Waals surface area (Å²) in [6.45, 7) is 4.02. The van der Waals surface area contributed by atoms with E-state index in [1.807, 2.05) is 16.8 Å². The molecule has 2 atom stereocenters. The van der Waals surface area contributed by atoms with Crippen LogP contribution in [0.5, 0.6) is 0 Å². The molecule has 3 aromatic rings. The molecule has 0 amide bonds. The van der Waals surface area contributed by atoms with Gasteiger partial charge in [0.1, 0.15) is 18.5 Å². The van der Waals surface area contributed by atoms with Gasteiger partial charge in [-0.1, -0.05) is 6.92 Å². The number of rotatable bonds is 3. The lowest BCUT2D eigenvalue weighted by molar-refractivity contribution is 0.634. The Kier molecular flexibility index (Phi) is 2.91. The Labute approximate surface area is 139 Å². The van der Waals surface area contributed by atoms with Crippen LogP contribution in [0.1, 0.15) is 19.0 Å². The van der Waals surface area contributed by atoms with Crippen molar-refractivity contribution in [2.75, 3.05) is 22.9 Å². The Hall–Kier alpha value is -2.77. The van der Waals surface area contributed by atoms with Crippen LogP contribution in [-0.2, 0) is 6.42 Å². The van der Waals surface area contributed by atoms with E-state index in [9.17, 15) is 0 Å². The third-order valence-corrected chi connectivity index (χ3v) is 5.08. The van der Waals surface area contributed by atoms with Crippen molar-refractivity contribution in [1.82, 2.24) is 29.5 Å². The summed E-state index contributed by atoms with van der Waals surface area (Å²) in [6, 6.07) is 3.01. The van der Waals surface area contributed by atoms with E-state index in [-0.39, 0.29) is 0 Å². The molecule has 2 unspecified atom stereocenters. The molecular formula is C16H18N8. The molecule has 2 aliphatic rings. The topological polar surface area (TPSA) is 75.3 Å². The fraction of sp³-hybridized carbons (Fsp3) is 0.438. The minimum atomic E-state index is 0.436. The molecule has 2 bridgehead atoms. The summed E-state index contributed by atoms with van der Waals surface area (Å²) in [5, 5.41) is 8.22. The van der Waals surface area contributed by atoms with E-state index in [1.165, 1.54) is 0 Å². The Morgan fingerprint density at radius 3 is 2.83 bits per heavy atom. The first-order chi connectivity index (χ1) is 11.8. The monoisotopic (exact) mass is 322 g/mol.